The summed E-state index contributed by atoms with van der Waals surface area (Å²) < 4.78 is 17.0. The Kier molecular flexibility index (Phi) is 2.62. The first-order valence-electron chi connectivity index (χ1n) is 6.32. The van der Waals surface area contributed by atoms with Gasteiger partial charge in [0.1, 0.15) is 12.1 Å². The monoisotopic (exact) mass is 260 g/mol. The number of imidazole rings is 1. The van der Waals surface area contributed by atoms with Gasteiger partial charge in [-0.1, -0.05) is 0 Å². The first-order chi connectivity index (χ1) is 8.89. The minimum Gasteiger partial charge on any atom is -0.472 e. The van der Waals surface area contributed by atoms with E-state index in [-0.39, 0.29) is 11.2 Å². The molecule has 1 aliphatic rings. The molecule has 19 heavy (non-hydrogen) atoms. The van der Waals surface area contributed by atoms with Gasteiger partial charge in [-0.15, -0.1) is 0 Å². The van der Waals surface area contributed by atoms with E-state index in [1.807, 2.05) is 33.8 Å². The van der Waals surface area contributed by atoms with E-state index in [0.717, 1.165) is 17.0 Å². The molecule has 0 radical (unpaired) electrons. The molecule has 0 spiro atoms. The normalized spacial score (nSPS) is 20.9. The van der Waals surface area contributed by atoms with E-state index in [1.54, 1.807) is 18.7 Å². The largest absolute Gasteiger partial charge is 0.513 e. The van der Waals surface area contributed by atoms with Gasteiger partial charge in [-0.25, -0.2) is 4.98 Å². The average molecular weight is 260 g/mol. The summed E-state index contributed by atoms with van der Waals surface area (Å²) in [7, 11) is -0.418. The zero-order valence-electron chi connectivity index (χ0n) is 11.6. The number of aromatic nitrogens is 2. The van der Waals surface area contributed by atoms with Crippen molar-refractivity contribution in [3.63, 3.8) is 0 Å². The molecule has 0 aliphatic carbocycles. The molecule has 5 nitrogen and oxygen atoms in total. The van der Waals surface area contributed by atoms with Crippen molar-refractivity contribution in [2.45, 2.75) is 38.9 Å². The maximum absolute atomic E-state index is 5.96. The molecule has 0 unspecified atom stereocenters. The molecule has 3 heterocycles. The van der Waals surface area contributed by atoms with Crippen molar-refractivity contribution in [2.75, 3.05) is 0 Å². The third kappa shape index (κ3) is 2.01. The molecule has 100 valence electrons. The number of hydrogen-bond donors (Lipinski definition) is 1. The maximum atomic E-state index is 5.96. The Balaban J connectivity index is 1.85. The highest BCUT2D eigenvalue weighted by atomic mass is 16.7. The summed E-state index contributed by atoms with van der Waals surface area (Å²) in [6, 6.07) is 1.85. The number of hydrogen-bond acceptors (Lipinski definition) is 4. The Morgan fingerprint density at radius 2 is 1.84 bits per heavy atom. The second-order valence-electron chi connectivity index (χ2n) is 5.79. The van der Waals surface area contributed by atoms with Crippen molar-refractivity contribution in [1.82, 2.24) is 9.97 Å². The zero-order valence-corrected chi connectivity index (χ0v) is 11.6. The van der Waals surface area contributed by atoms with E-state index in [1.165, 1.54) is 0 Å². The number of nitrogens with zero attached hydrogens (tertiary/aromatic N) is 1. The highest BCUT2D eigenvalue weighted by Crippen LogP contribution is 2.36. The van der Waals surface area contributed by atoms with Crippen molar-refractivity contribution in [3.05, 3.63) is 24.8 Å². The van der Waals surface area contributed by atoms with Gasteiger partial charge in [0.05, 0.1) is 28.6 Å². The summed E-state index contributed by atoms with van der Waals surface area (Å²) in [4.78, 5) is 7.54. The summed E-state index contributed by atoms with van der Waals surface area (Å²) in [6.07, 6.45) is 5.00. The van der Waals surface area contributed by atoms with Crippen LogP contribution in [0.5, 0.6) is 0 Å². The van der Waals surface area contributed by atoms with E-state index in [4.69, 9.17) is 13.7 Å². The fourth-order valence-electron chi connectivity index (χ4n) is 1.97. The SMILES string of the molecule is CC1(C)OB(c2cnc(-c3ccoc3)[nH]2)OC1(C)C. The number of nitrogens with one attached hydrogen (secondary N) is 1. The lowest BCUT2D eigenvalue weighted by molar-refractivity contribution is 0.00578. The predicted octanol–water partition coefficient (Wildman–Crippen LogP) is 1.97. The van der Waals surface area contributed by atoms with Crippen LogP contribution in [-0.4, -0.2) is 28.3 Å². The van der Waals surface area contributed by atoms with Crippen LogP contribution in [0.25, 0.3) is 11.4 Å². The van der Waals surface area contributed by atoms with E-state index in [2.05, 4.69) is 9.97 Å². The molecular weight excluding hydrogens is 243 g/mol. The zero-order chi connectivity index (χ0) is 13.7. The summed E-state index contributed by atoms with van der Waals surface area (Å²) in [6.45, 7) is 8.11. The van der Waals surface area contributed by atoms with Crippen molar-refractivity contribution in [1.29, 1.82) is 0 Å². The Hall–Kier alpha value is -1.53. The quantitative estimate of drug-likeness (QED) is 0.838. The topological polar surface area (TPSA) is 60.3 Å². The second kappa shape index (κ2) is 3.98. The first-order valence-corrected chi connectivity index (χ1v) is 6.32. The highest BCUT2D eigenvalue weighted by molar-refractivity contribution is 6.61. The maximum Gasteiger partial charge on any atom is 0.513 e. The Labute approximate surface area is 112 Å². The van der Waals surface area contributed by atoms with Gasteiger partial charge in [0.25, 0.3) is 0 Å². The van der Waals surface area contributed by atoms with Crippen LogP contribution in [0.1, 0.15) is 27.7 Å². The number of rotatable bonds is 2. The summed E-state index contributed by atoms with van der Waals surface area (Å²) in [5.41, 5.74) is 1.02. The van der Waals surface area contributed by atoms with Gasteiger partial charge in [0, 0.05) is 6.20 Å². The van der Waals surface area contributed by atoms with Crippen molar-refractivity contribution in [2.24, 2.45) is 0 Å². The van der Waals surface area contributed by atoms with Crippen LogP contribution in [0.4, 0.5) is 0 Å². The molecule has 2 aromatic heterocycles. The standard InChI is InChI=1S/C13H17BN2O3/c1-12(2)13(3,4)19-14(18-12)10-7-15-11(16-10)9-5-6-17-8-9/h5-8H,1-4H3,(H,15,16). The van der Waals surface area contributed by atoms with Gasteiger partial charge in [-0.05, 0) is 33.8 Å². The van der Waals surface area contributed by atoms with Crippen LogP contribution in [-0.2, 0) is 9.31 Å². The van der Waals surface area contributed by atoms with Gasteiger partial charge in [0.2, 0.25) is 0 Å². The third-order valence-electron chi connectivity index (χ3n) is 3.90. The van der Waals surface area contributed by atoms with Gasteiger partial charge < -0.3 is 18.7 Å². The van der Waals surface area contributed by atoms with E-state index in [0.29, 0.717) is 0 Å². The van der Waals surface area contributed by atoms with Gasteiger partial charge in [0.15, 0.2) is 0 Å². The van der Waals surface area contributed by atoms with Gasteiger partial charge >= 0.3 is 7.12 Å². The lowest BCUT2D eigenvalue weighted by Crippen LogP contribution is -2.41. The molecule has 0 amide bonds. The second-order valence-corrected chi connectivity index (χ2v) is 5.79. The smallest absolute Gasteiger partial charge is 0.472 e. The molecule has 0 aromatic carbocycles. The lowest BCUT2D eigenvalue weighted by Gasteiger charge is -2.32. The molecule has 6 heteroatoms. The van der Waals surface area contributed by atoms with E-state index < -0.39 is 7.12 Å². The van der Waals surface area contributed by atoms with Crippen LogP contribution in [0.3, 0.4) is 0 Å². The van der Waals surface area contributed by atoms with Gasteiger partial charge in [-0.2, -0.15) is 0 Å². The predicted molar refractivity (Wildman–Crippen MR) is 72.0 cm³/mol. The van der Waals surface area contributed by atoms with Crippen molar-refractivity contribution >= 4 is 12.7 Å². The molecule has 3 rings (SSSR count). The van der Waals surface area contributed by atoms with Crippen LogP contribution in [0.2, 0.25) is 0 Å². The van der Waals surface area contributed by atoms with Crippen molar-refractivity contribution in [3.8, 4) is 11.4 Å². The van der Waals surface area contributed by atoms with Crippen LogP contribution in [0, 0.1) is 0 Å². The summed E-state index contributed by atoms with van der Waals surface area (Å²) in [5.74, 6) is 0.749. The fraction of sp³-hybridized carbons (Fsp3) is 0.462. The fourth-order valence-corrected chi connectivity index (χ4v) is 1.97. The molecule has 1 N–H and O–H groups in total. The molecule has 0 bridgehead atoms. The minimum atomic E-state index is -0.418. The molecule has 2 aromatic rings. The summed E-state index contributed by atoms with van der Waals surface area (Å²) >= 11 is 0. The number of furan rings is 1. The van der Waals surface area contributed by atoms with E-state index in [9.17, 15) is 0 Å². The number of aromatic amines is 1. The molecule has 0 atom stereocenters. The van der Waals surface area contributed by atoms with Crippen LogP contribution < -0.4 is 5.59 Å². The Morgan fingerprint density at radius 1 is 1.16 bits per heavy atom. The molecule has 1 aliphatic heterocycles. The summed E-state index contributed by atoms with van der Waals surface area (Å²) in [5, 5.41) is 0. The Bertz CT molecular complexity index is 558. The minimum absolute atomic E-state index is 0.349. The Morgan fingerprint density at radius 3 is 2.42 bits per heavy atom. The molecule has 0 saturated carbocycles. The van der Waals surface area contributed by atoms with E-state index >= 15 is 0 Å². The van der Waals surface area contributed by atoms with Crippen molar-refractivity contribution < 1.29 is 13.7 Å². The van der Waals surface area contributed by atoms with Gasteiger partial charge in [-0.3, -0.25) is 0 Å². The molecule has 1 saturated heterocycles. The average Bonchev–Trinajstić information content (AvgIpc) is 3.00. The third-order valence-corrected chi connectivity index (χ3v) is 3.90. The number of H-pyrrole nitrogens is 1. The van der Waals surface area contributed by atoms with Crippen LogP contribution >= 0.6 is 0 Å². The molecular formula is C13H17BN2O3. The molecule has 1 fully saturated rings. The highest BCUT2D eigenvalue weighted by Gasteiger charge is 2.52. The first kappa shape index (κ1) is 12.5. The van der Waals surface area contributed by atoms with Crippen LogP contribution in [0.15, 0.2) is 29.2 Å². The lowest BCUT2D eigenvalue weighted by atomic mass is 9.86.